The molecule has 0 spiro atoms. The van der Waals surface area contributed by atoms with E-state index in [1.165, 1.54) is 0 Å². The molecule has 4 heteroatoms. The molecule has 0 unspecified atom stereocenters. The van der Waals surface area contributed by atoms with Crippen molar-refractivity contribution in [1.29, 1.82) is 0 Å². The minimum Gasteiger partial charge on any atom is -0.358 e. The van der Waals surface area contributed by atoms with Crippen molar-refractivity contribution in [3.63, 3.8) is 0 Å². The monoisotopic (exact) mass is 518 g/mol. The second-order valence-corrected chi connectivity index (χ2v) is 6.56. The molecule has 0 saturated heterocycles. The van der Waals surface area contributed by atoms with E-state index < -0.39 is 0 Å². The van der Waals surface area contributed by atoms with Gasteiger partial charge in [-0.05, 0) is 36.4 Å². The Bertz CT molecular complexity index is 644. The van der Waals surface area contributed by atoms with E-state index in [0.29, 0.717) is 0 Å². The fourth-order valence-electron chi connectivity index (χ4n) is 1.62. The van der Waals surface area contributed by atoms with Gasteiger partial charge in [0, 0.05) is 36.4 Å². The van der Waals surface area contributed by atoms with Crippen molar-refractivity contribution in [2.75, 3.05) is 0 Å². The van der Waals surface area contributed by atoms with Crippen LogP contribution in [-0.2, 0) is 21.7 Å². The van der Waals surface area contributed by atoms with Crippen LogP contribution in [0.25, 0.3) is 0 Å². The summed E-state index contributed by atoms with van der Waals surface area (Å²) < 4.78 is 0. The predicted molar refractivity (Wildman–Crippen MR) is 155 cm³/mol. The van der Waals surface area contributed by atoms with Gasteiger partial charge in [0.15, 0.2) is 0 Å². The van der Waals surface area contributed by atoms with Crippen LogP contribution in [0.5, 0.6) is 0 Å². The summed E-state index contributed by atoms with van der Waals surface area (Å²) in [4.78, 5) is 3.05. The van der Waals surface area contributed by atoms with Crippen molar-refractivity contribution in [3.8, 4) is 0 Å². The number of rotatable bonds is 0. The third-order valence-corrected chi connectivity index (χ3v) is 3.75. The zero-order valence-corrected chi connectivity index (χ0v) is 24.2. The topological polar surface area (TPSA) is 0 Å². The summed E-state index contributed by atoms with van der Waals surface area (Å²) in [5, 5.41) is 0. The van der Waals surface area contributed by atoms with Crippen LogP contribution in [-0.4, -0.2) is 0 Å². The minimum atomic E-state index is 0. The Labute approximate surface area is 231 Å². The standard InChI is InChI=1S/3C6H6S.C5H5.5CH3.Ti/c3*7-6-4-2-1-3-5-6;1-2-4-5-3-1;;;;;;/h3*1-5,7H;1-3H,4H2;5*1H3;/q;;;6*-1;. The maximum atomic E-state index is 4.08. The maximum Gasteiger partial charge on any atom is 0.00399 e. The quantitative estimate of drug-likeness (QED) is 0.147. The second-order valence-electron chi connectivity index (χ2n) is 5.01. The van der Waals surface area contributed by atoms with Crippen molar-refractivity contribution in [3.05, 3.63) is 152 Å². The van der Waals surface area contributed by atoms with Crippen LogP contribution in [0.1, 0.15) is 6.42 Å². The summed E-state index contributed by atoms with van der Waals surface area (Å²) in [5.74, 6) is 0. The Hall–Kier alpha value is -1.10. The smallest absolute Gasteiger partial charge is 0.00399 e. The van der Waals surface area contributed by atoms with E-state index in [0.717, 1.165) is 21.1 Å². The summed E-state index contributed by atoms with van der Waals surface area (Å²) in [6.07, 6.45) is 10.0. The molecule has 0 radical (unpaired) electrons. The van der Waals surface area contributed by atoms with Crippen LogP contribution in [0.3, 0.4) is 0 Å². The molecule has 178 valence electrons. The largest absolute Gasteiger partial charge is 0.358 e. The van der Waals surface area contributed by atoms with Crippen molar-refractivity contribution in [2.24, 2.45) is 0 Å². The van der Waals surface area contributed by atoms with E-state index in [1.54, 1.807) is 0 Å². The average molecular weight is 519 g/mol. The Morgan fingerprint density at radius 3 is 0.875 bits per heavy atom. The van der Waals surface area contributed by atoms with Crippen LogP contribution >= 0.6 is 37.9 Å². The van der Waals surface area contributed by atoms with Crippen LogP contribution in [0, 0.1) is 43.2 Å². The minimum absolute atomic E-state index is 0. The zero-order valence-electron chi connectivity index (χ0n) is 19.9. The summed E-state index contributed by atoms with van der Waals surface area (Å²) >= 11 is 12.3. The van der Waals surface area contributed by atoms with Gasteiger partial charge in [0.25, 0.3) is 0 Å². The van der Waals surface area contributed by atoms with Crippen molar-refractivity contribution >= 4 is 37.9 Å². The van der Waals surface area contributed by atoms with E-state index in [2.05, 4.69) is 50.0 Å². The van der Waals surface area contributed by atoms with E-state index >= 15 is 0 Å². The molecule has 0 bridgehead atoms. The van der Waals surface area contributed by atoms with Crippen molar-refractivity contribution < 1.29 is 21.7 Å². The number of thiol groups is 3. The van der Waals surface area contributed by atoms with Crippen LogP contribution in [0.2, 0.25) is 0 Å². The third-order valence-electron chi connectivity index (χ3n) is 2.85. The molecule has 0 fully saturated rings. The fraction of sp³-hybridized carbons (Fsp3) is 0.0357. The molecular weight excluding hydrogens is 480 g/mol. The summed E-state index contributed by atoms with van der Waals surface area (Å²) in [5.41, 5.74) is 0. The molecule has 0 aromatic heterocycles. The molecule has 32 heavy (non-hydrogen) atoms. The molecule has 3 aromatic carbocycles. The van der Waals surface area contributed by atoms with E-state index in [4.69, 9.17) is 0 Å². The van der Waals surface area contributed by atoms with Gasteiger partial charge in [-0.2, -0.15) is 6.08 Å². The molecule has 4 rings (SSSR count). The molecule has 0 aliphatic heterocycles. The van der Waals surface area contributed by atoms with Gasteiger partial charge in [-0.15, -0.1) is 44.3 Å². The van der Waals surface area contributed by atoms with Gasteiger partial charge in [0.05, 0.1) is 0 Å². The van der Waals surface area contributed by atoms with Crippen molar-refractivity contribution in [1.82, 2.24) is 0 Å². The number of benzene rings is 3. The normalized spacial score (nSPS) is 8.47. The van der Waals surface area contributed by atoms with E-state index in [-0.39, 0.29) is 58.9 Å². The van der Waals surface area contributed by atoms with Crippen LogP contribution in [0.15, 0.2) is 124 Å². The Morgan fingerprint density at radius 1 is 0.500 bits per heavy atom. The molecule has 3 aromatic rings. The molecule has 0 N–H and O–H groups in total. The third kappa shape index (κ3) is 28.9. The second kappa shape index (κ2) is 32.1. The van der Waals surface area contributed by atoms with Crippen LogP contribution in [0.4, 0.5) is 0 Å². The fourth-order valence-corrected chi connectivity index (χ4v) is 2.14. The molecular formula is C28H38S3Ti-6. The van der Waals surface area contributed by atoms with Gasteiger partial charge in [0.2, 0.25) is 0 Å². The first-order valence-electron chi connectivity index (χ1n) is 8.12. The Morgan fingerprint density at radius 2 is 0.781 bits per heavy atom. The first-order chi connectivity index (χ1) is 12.7. The molecule has 1 aliphatic rings. The molecule has 0 amide bonds. The number of hydrogen-bond donors (Lipinski definition) is 3. The van der Waals surface area contributed by atoms with Gasteiger partial charge in [0.1, 0.15) is 0 Å². The maximum absolute atomic E-state index is 4.08. The Balaban J connectivity index is -0.0000000666. The summed E-state index contributed by atoms with van der Waals surface area (Å²) in [7, 11) is 0. The van der Waals surface area contributed by atoms with Gasteiger partial charge in [-0.1, -0.05) is 54.6 Å². The van der Waals surface area contributed by atoms with E-state index in [9.17, 15) is 0 Å². The molecule has 1 aliphatic carbocycles. The van der Waals surface area contributed by atoms with Gasteiger partial charge in [-0.25, -0.2) is 12.2 Å². The zero-order chi connectivity index (χ0) is 18.9. The van der Waals surface area contributed by atoms with Gasteiger partial charge in [-0.3, -0.25) is 6.08 Å². The van der Waals surface area contributed by atoms with Crippen LogP contribution < -0.4 is 0 Å². The first kappa shape index (κ1) is 44.6. The average Bonchev–Trinajstić information content (AvgIpc) is 3.25. The number of allylic oxidation sites excluding steroid dienone is 4. The number of hydrogen-bond acceptors (Lipinski definition) is 3. The molecule has 0 nitrogen and oxygen atoms in total. The molecule has 0 atom stereocenters. The van der Waals surface area contributed by atoms with Gasteiger partial charge >= 0.3 is 0 Å². The summed E-state index contributed by atoms with van der Waals surface area (Å²) in [6.45, 7) is 0. The van der Waals surface area contributed by atoms with Gasteiger partial charge < -0.3 is 37.1 Å². The first-order valence-corrected chi connectivity index (χ1v) is 9.46. The molecule has 0 saturated carbocycles. The Kier molecular flexibility index (Phi) is 44.7. The SMILES string of the molecule is Sc1ccccc1.Sc1ccccc1.Sc1ccccc1.[C-]1=CC=CC1.[CH3-].[CH3-].[CH3-].[CH3-].[CH3-].[Ti]. The van der Waals surface area contributed by atoms with E-state index in [1.807, 2.05) is 103 Å². The van der Waals surface area contributed by atoms with Crippen molar-refractivity contribution in [2.45, 2.75) is 21.1 Å². The predicted octanol–water partition coefficient (Wildman–Crippen LogP) is 9.48. The summed E-state index contributed by atoms with van der Waals surface area (Å²) in [6, 6.07) is 29.4. The molecule has 0 heterocycles.